The van der Waals surface area contributed by atoms with Gasteiger partial charge in [0.2, 0.25) is 0 Å². The number of rotatable bonds is 4. The molecule has 3 atom stereocenters. The summed E-state index contributed by atoms with van der Waals surface area (Å²) >= 11 is 6.07. The van der Waals surface area contributed by atoms with Crippen molar-refractivity contribution in [2.45, 2.75) is 44.8 Å². The molecule has 1 aliphatic rings. The second-order valence-corrected chi connectivity index (χ2v) is 5.84. The number of benzene rings is 1. The lowest BCUT2D eigenvalue weighted by Crippen LogP contribution is -2.34. The van der Waals surface area contributed by atoms with Crippen LogP contribution >= 0.6 is 11.6 Å². The van der Waals surface area contributed by atoms with Crippen LogP contribution in [0.5, 0.6) is 0 Å². The van der Waals surface area contributed by atoms with Crippen molar-refractivity contribution < 1.29 is 0 Å². The lowest BCUT2D eigenvalue weighted by atomic mass is 10.0. The van der Waals surface area contributed by atoms with Gasteiger partial charge in [0.05, 0.1) is 0 Å². The third kappa shape index (κ3) is 3.25. The van der Waals surface area contributed by atoms with E-state index in [-0.39, 0.29) is 0 Å². The predicted molar refractivity (Wildman–Crippen MR) is 78.1 cm³/mol. The molecule has 2 rings (SSSR count). The summed E-state index contributed by atoms with van der Waals surface area (Å²) in [5.74, 6) is 0. The van der Waals surface area contributed by atoms with Crippen LogP contribution in [0.15, 0.2) is 24.3 Å². The molecule has 100 valence electrons. The van der Waals surface area contributed by atoms with Gasteiger partial charge >= 0.3 is 0 Å². The molecule has 0 radical (unpaired) electrons. The second kappa shape index (κ2) is 6.05. The minimum Gasteiger partial charge on any atom is -0.306 e. The molecular formula is C15H23ClN2. The van der Waals surface area contributed by atoms with Gasteiger partial charge in [0.1, 0.15) is 0 Å². The van der Waals surface area contributed by atoms with E-state index in [0.717, 1.165) is 18.0 Å². The summed E-state index contributed by atoms with van der Waals surface area (Å²) in [7, 11) is 2.20. The maximum absolute atomic E-state index is 6.07. The maximum Gasteiger partial charge on any atom is 0.0409 e. The average molecular weight is 267 g/mol. The summed E-state index contributed by atoms with van der Waals surface area (Å²) in [4.78, 5) is 2.42. The molecule has 3 heteroatoms. The third-order valence-electron chi connectivity index (χ3n) is 3.98. The van der Waals surface area contributed by atoms with Crippen LogP contribution in [-0.4, -0.2) is 30.6 Å². The molecule has 1 fully saturated rings. The number of likely N-dealkylation sites (tertiary alicyclic amines) is 1. The van der Waals surface area contributed by atoms with Crippen molar-refractivity contribution in [2.75, 3.05) is 13.6 Å². The van der Waals surface area contributed by atoms with Crippen LogP contribution in [0.3, 0.4) is 0 Å². The van der Waals surface area contributed by atoms with Crippen LogP contribution in [0.25, 0.3) is 0 Å². The van der Waals surface area contributed by atoms with E-state index in [1.807, 2.05) is 12.1 Å². The van der Waals surface area contributed by atoms with Crippen LogP contribution in [0, 0.1) is 0 Å². The standard InChI is InChI=1S/C15H23ClN2/c1-4-15(12-6-5-7-13(16)9-12)17-14-8-11(2)18(3)10-14/h5-7,9,11,14-15,17H,4,8,10H2,1-3H3. The molecule has 3 unspecified atom stereocenters. The molecule has 1 N–H and O–H groups in total. The van der Waals surface area contributed by atoms with Crippen molar-refractivity contribution in [2.24, 2.45) is 0 Å². The average Bonchev–Trinajstić information content (AvgIpc) is 2.65. The van der Waals surface area contributed by atoms with Crippen LogP contribution in [0.2, 0.25) is 5.02 Å². The van der Waals surface area contributed by atoms with Gasteiger partial charge in [0, 0.05) is 29.7 Å². The van der Waals surface area contributed by atoms with Gasteiger partial charge in [-0.25, -0.2) is 0 Å². The lowest BCUT2D eigenvalue weighted by Gasteiger charge is -2.22. The topological polar surface area (TPSA) is 15.3 Å². The fourth-order valence-corrected chi connectivity index (χ4v) is 2.97. The van der Waals surface area contributed by atoms with Crippen LogP contribution in [-0.2, 0) is 0 Å². The molecular weight excluding hydrogens is 244 g/mol. The highest BCUT2D eigenvalue weighted by Crippen LogP contribution is 2.23. The quantitative estimate of drug-likeness (QED) is 0.898. The number of hydrogen-bond donors (Lipinski definition) is 1. The van der Waals surface area contributed by atoms with Crippen molar-refractivity contribution in [3.8, 4) is 0 Å². The first-order chi connectivity index (χ1) is 8.60. The Morgan fingerprint density at radius 2 is 2.28 bits per heavy atom. The maximum atomic E-state index is 6.07. The molecule has 1 aliphatic heterocycles. The van der Waals surface area contributed by atoms with E-state index in [1.54, 1.807) is 0 Å². The number of hydrogen-bond acceptors (Lipinski definition) is 2. The number of nitrogens with zero attached hydrogens (tertiary/aromatic N) is 1. The third-order valence-corrected chi connectivity index (χ3v) is 4.22. The molecule has 1 aromatic carbocycles. The van der Waals surface area contributed by atoms with Gasteiger partial charge in [0.25, 0.3) is 0 Å². The monoisotopic (exact) mass is 266 g/mol. The Morgan fingerprint density at radius 1 is 1.50 bits per heavy atom. The Balaban J connectivity index is 2.02. The van der Waals surface area contributed by atoms with Crippen molar-refractivity contribution in [3.63, 3.8) is 0 Å². The fourth-order valence-electron chi connectivity index (χ4n) is 2.77. The van der Waals surface area contributed by atoms with E-state index in [0.29, 0.717) is 18.1 Å². The second-order valence-electron chi connectivity index (χ2n) is 5.40. The largest absolute Gasteiger partial charge is 0.306 e. The van der Waals surface area contributed by atoms with Crippen LogP contribution in [0.4, 0.5) is 0 Å². The summed E-state index contributed by atoms with van der Waals surface area (Å²) in [5, 5.41) is 4.59. The Morgan fingerprint density at radius 3 is 2.83 bits per heavy atom. The lowest BCUT2D eigenvalue weighted by molar-refractivity contribution is 0.324. The van der Waals surface area contributed by atoms with E-state index in [4.69, 9.17) is 11.6 Å². The first-order valence-electron chi connectivity index (χ1n) is 6.82. The SMILES string of the molecule is CCC(NC1CC(C)N(C)C1)c1cccc(Cl)c1. The van der Waals surface area contributed by atoms with Gasteiger partial charge in [-0.1, -0.05) is 30.7 Å². The predicted octanol–water partition coefficient (Wildman–Crippen LogP) is 3.47. The van der Waals surface area contributed by atoms with E-state index in [1.165, 1.54) is 12.0 Å². The number of nitrogens with one attached hydrogen (secondary N) is 1. The summed E-state index contributed by atoms with van der Waals surface area (Å²) in [5.41, 5.74) is 1.30. The molecule has 0 saturated carbocycles. The highest BCUT2D eigenvalue weighted by molar-refractivity contribution is 6.30. The summed E-state index contributed by atoms with van der Waals surface area (Å²) in [6.45, 7) is 5.65. The first-order valence-corrected chi connectivity index (χ1v) is 7.19. The summed E-state index contributed by atoms with van der Waals surface area (Å²) < 4.78 is 0. The van der Waals surface area contributed by atoms with Crippen LogP contribution < -0.4 is 5.32 Å². The van der Waals surface area contributed by atoms with Gasteiger partial charge in [0.15, 0.2) is 0 Å². The Bertz CT molecular complexity index is 384. The van der Waals surface area contributed by atoms with E-state index < -0.39 is 0 Å². The van der Waals surface area contributed by atoms with Gasteiger partial charge in [-0.15, -0.1) is 0 Å². The minimum atomic E-state index is 0.410. The molecule has 0 spiro atoms. The molecule has 0 aliphatic carbocycles. The molecule has 1 heterocycles. The molecule has 2 nitrogen and oxygen atoms in total. The molecule has 0 amide bonds. The summed E-state index contributed by atoms with van der Waals surface area (Å²) in [6, 6.07) is 9.88. The Labute approximate surface area is 115 Å². The number of halogens is 1. The molecule has 18 heavy (non-hydrogen) atoms. The van der Waals surface area contributed by atoms with Crippen molar-refractivity contribution >= 4 is 11.6 Å². The Hall–Kier alpha value is -0.570. The van der Waals surface area contributed by atoms with E-state index in [9.17, 15) is 0 Å². The van der Waals surface area contributed by atoms with E-state index >= 15 is 0 Å². The van der Waals surface area contributed by atoms with Crippen molar-refractivity contribution in [1.29, 1.82) is 0 Å². The number of likely N-dealkylation sites (N-methyl/N-ethyl adjacent to an activating group) is 1. The summed E-state index contributed by atoms with van der Waals surface area (Å²) in [6.07, 6.45) is 2.32. The van der Waals surface area contributed by atoms with E-state index in [2.05, 4.69) is 43.2 Å². The highest BCUT2D eigenvalue weighted by atomic mass is 35.5. The normalized spacial score (nSPS) is 26.4. The molecule has 0 aromatic heterocycles. The minimum absolute atomic E-state index is 0.410. The molecule has 1 saturated heterocycles. The van der Waals surface area contributed by atoms with Crippen LogP contribution in [0.1, 0.15) is 38.3 Å². The smallest absolute Gasteiger partial charge is 0.0409 e. The van der Waals surface area contributed by atoms with Gasteiger partial charge in [-0.2, -0.15) is 0 Å². The fraction of sp³-hybridized carbons (Fsp3) is 0.600. The highest BCUT2D eigenvalue weighted by Gasteiger charge is 2.27. The zero-order valence-corrected chi connectivity index (χ0v) is 12.2. The molecule has 1 aromatic rings. The zero-order chi connectivity index (χ0) is 13.1. The van der Waals surface area contributed by atoms with Gasteiger partial charge in [-0.05, 0) is 44.5 Å². The van der Waals surface area contributed by atoms with Crippen molar-refractivity contribution in [1.82, 2.24) is 10.2 Å². The molecule has 0 bridgehead atoms. The zero-order valence-electron chi connectivity index (χ0n) is 11.5. The first kappa shape index (κ1) is 13.9. The van der Waals surface area contributed by atoms with Gasteiger partial charge < -0.3 is 10.2 Å². The van der Waals surface area contributed by atoms with Crippen molar-refractivity contribution in [3.05, 3.63) is 34.9 Å². The Kier molecular flexibility index (Phi) is 4.66. The van der Waals surface area contributed by atoms with Gasteiger partial charge in [-0.3, -0.25) is 0 Å².